The van der Waals surface area contributed by atoms with E-state index in [1.54, 1.807) is 82.4 Å². The van der Waals surface area contributed by atoms with Crippen molar-refractivity contribution < 1.29 is 81.3 Å². The zero-order valence-electron chi connectivity index (χ0n) is 72.0. The molecule has 0 spiro atoms. The van der Waals surface area contributed by atoms with Crippen molar-refractivity contribution in [3.63, 3.8) is 0 Å². The number of ketones is 2. The molecule has 0 aliphatic rings. The number of carbonyl (C=O) groups excluding carboxylic acids is 12. The molecule has 0 saturated heterocycles. The molecular formula is C84H137N9O17Si. The fraction of sp³-hybridized carbons (Fsp3) is 0.679. The van der Waals surface area contributed by atoms with Crippen molar-refractivity contribution in [2.75, 3.05) is 69.1 Å². The van der Waals surface area contributed by atoms with Crippen LogP contribution in [0.1, 0.15) is 190 Å². The van der Waals surface area contributed by atoms with Gasteiger partial charge in [0.2, 0.25) is 47.3 Å². The largest absolute Gasteiger partial charge is 0.465 e. The first-order chi connectivity index (χ1) is 51.5. The molecule has 13 atom stereocenters. The first-order valence-electron chi connectivity index (χ1n) is 39.4. The van der Waals surface area contributed by atoms with E-state index < -0.39 is 174 Å². The molecule has 0 saturated carbocycles. The van der Waals surface area contributed by atoms with Gasteiger partial charge in [0.05, 0.1) is 12.6 Å². The summed E-state index contributed by atoms with van der Waals surface area (Å²) < 4.78 is 18.5. The number of hydrogen-bond donors (Lipinski definition) is 3. The highest BCUT2D eigenvalue weighted by Gasteiger charge is 2.52. The highest BCUT2D eigenvalue weighted by Crippen LogP contribution is 2.38. The predicted octanol–water partition coefficient (Wildman–Crippen LogP) is 8.89. The number of likely N-dealkylation sites (N-methyl/N-ethyl adjacent to an activating group) is 7. The molecule has 0 radical (unpaired) electrons. The number of benzene rings is 2. The minimum Gasteiger partial charge on any atom is -0.465 e. The van der Waals surface area contributed by atoms with Crippen LogP contribution in [0.5, 0.6) is 0 Å². The van der Waals surface area contributed by atoms with Crippen LogP contribution >= 0.6 is 0 Å². The van der Waals surface area contributed by atoms with Gasteiger partial charge in [0.15, 0.2) is 5.78 Å². The number of nitrogens with zero attached hydrogens (tertiary/aromatic N) is 7. The van der Waals surface area contributed by atoms with Crippen LogP contribution in [0.2, 0.25) is 5.04 Å². The molecule has 0 bridgehead atoms. The minimum atomic E-state index is -3.16. The van der Waals surface area contributed by atoms with E-state index in [4.69, 9.17) is 13.9 Å². The molecular weight excluding hydrogens is 1440 g/mol. The summed E-state index contributed by atoms with van der Waals surface area (Å²) in [6.07, 6.45) is 1.15. The summed E-state index contributed by atoms with van der Waals surface area (Å²) in [7, 11) is 6.88. The third-order valence-electron chi connectivity index (χ3n) is 21.0. The molecule has 2 rings (SSSR count). The molecule has 0 heterocycles. The Bertz CT molecular complexity index is 3410. The van der Waals surface area contributed by atoms with E-state index in [1.165, 1.54) is 80.6 Å². The van der Waals surface area contributed by atoms with Crippen LogP contribution in [-0.2, 0) is 71.4 Å². The molecule has 26 nitrogen and oxygen atoms in total. The van der Waals surface area contributed by atoms with E-state index in [1.807, 2.05) is 108 Å². The minimum absolute atomic E-state index is 0.0232. The van der Waals surface area contributed by atoms with Crippen LogP contribution in [0.4, 0.5) is 4.79 Å². The summed E-state index contributed by atoms with van der Waals surface area (Å²) in [5.74, 6) is -12.3. The number of nitrogens with one attached hydrogen (secondary N) is 2. The topological polar surface area (TPSA) is 317 Å². The summed E-state index contributed by atoms with van der Waals surface area (Å²) in [6, 6.07) is 9.75. The van der Waals surface area contributed by atoms with E-state index in [9.17, 15) is 53.1 Å². The lowest BCUT2D eigenvalue weighted by molar-refractivity contribution is -0.164. The number of amides is 9. The van der Waals surface area contributed by atoms with Gasteiger partial charge in [0.1, 0.15) is 60.8 Å². The Morgan fingerprint density at radius 2 is 0.973 bits per heavy atom. The number of hydrogen-bond acceptors (Lipinski definition) is 16. The van der Waals surface area contributed by atoms with Crippen LogP contribution in [0.15, 0.2) is 72.8 Å². The summed E-state index contributed by atoms with van der Waals surface area (Å²) >= 11 is 0. The van der Waals surface area contributed by atoms with Crippen LogP contribution in [0.25, 0.3) is 0 Å². The van der Waals surface area contributed by atoms with Crippen molar-refractivity contribution in [2.45, 2.75) is 250 Å². The summed E-state index contributed by atoms with van der Waals surface area (Å²) in [5, 5.41) is 17.6. The average Bonchev–Trinajstić information content (AvgIpc) is 0.744. The van der Waals surface area contributed by atoms with Crippen molar-refractivity contribution >= 4 is 95.5 Å². The number of allylic oxidation sites excluding steroid dienone is 2. The lowest BCUT2D eigenvalue weighted by Gasteiger charge is -2.44. The highest BCUT2D eigenvalue weighted by molar-refractivity contribution is 6.99. The number of ether oxygens (including phenoxy) is 2. The maximum Gasteiger partial charge on any atom is 0.407 e. The van der Waals surface area contributed by atoms with Crippen molar-refractivity contribution in [2.24, 2.45) is 53.3 Å². The van der Waals surface area contributed by atoms with Gasteiger partial charge in [0.25, 0.3) is 8.32 Å². The van der Waals surface area contributed by atoms with Gasteiger partial charge in [-0.05, 0) is 89.9 Å². The Balaban J connectivity index is 2.53. The molecule has 3 N–H and O–H groups in total. The second kappa shape index (κ2) is 45.4. The molecule has 0 aliphatic heterocycles. The third-order valence-corrected chi connectivity index (χ3v) is 26.0. The Morgan fingerprint density at radius 1 is 0.523 bits per heavy atom. The number of carbonyl (C=O) groups is 13. The van der Waals surface area contributed by atoms with Gasteiger partial charge in [-0.3, -0.25) is 57.6 Å². The highest BCUT2D eigenvalue weighted by atomic mass is 28.4. The van der Waals surface area contributed by atoms with Crippen LogP contribution < -0.4 is 21.0 Å². The smallest absolute Gasteiger partial charge is 0.407 e. The lowest BCUT2D eigenvalue weighted by atomic mass is 9.88. The van der Waals surface area contributed by atoms with E-state index >= 15 is 14.4 Å². The molecule has 0 aromatic heterocycles. The third kappa shape index (κ3) is 27.8. The second-order valence-corrected chi connectivity index (χ2v) is 37.7. The van der Waals surface area contributed by atoms with Gasteiger partial charge in [-0.15, -0.1) is 0 Å². The SMILES string of the molecule is C/C=C/C[C@@H](C)[C@@H](OC(C)=O)[C@@H](C(=O)N[C@@H](CC)C(=O)OCCN(C)C(C)=O)N(C)C(=O)[C@H](C(C)C)N(C)C(=O)[C@H](CC(C)C)N(C)C(=O)[C@H](CC(C)C)N(C)C(=O)[C@@H](C)CC(=O)[C@H](C)CC(=O)[C@H](CC(C)C)N(C)C(=O)[C@@H](NC(=O)[C@H]([C@H](C)CO[Si](c1ccccc1)(c1ccccc1)C(C)(C)C)N(C)C(=O)O)C(C)C. The normalized spacial score (nSPS) is 15.5. The zero-order chi connectivity index (χ0) is 85.2. The van der Waals surface area contributed by atoms with Gasteiger partial charge in [-0.1, -0.05) is 197 Å². The Morgan fingerprint density at radius 3 is 1.41 bits per heavy atom. The Hall–Kier alpha value is -8.33. The molecule has 0 unspecified atom stereocenters. The lowest BCUT2D eigenvalue weighted by Crippen LogP contribution is -2.67. The fourth-order valence-electron chi connectivity index (χ4n) is 14.4. The maximum absolute atomic E-state index is 15.4. The van der Waals surface area contributed by atoms with Gasteiger partial charge < -0.3 is 59.0 Å². The first-order valence-corrected chi connectivity index (χ1v) is 41.3. The van der Waals surface area contributed by atoms with E-state index in [2.05, 4.69) is 31.4 Å². The van der Waals surface area contributed by atoms with E-state index in [-0.39, 0.29) is 81.9 Å². The number of esters is 2. The van der Waals surface area contributed by atoms with Crippen molar-refractivity contribution in [3.8, 4) is 0 Å². The van der Waals surface area contributed by atoms with Crippen molar-refractivity contribution in [1.82, 2.24) is 44.9 Å². The first kappa shape index (κ1) is 98.7. The zero-order valence-corrected chi connectivity index (χ0v) is 73.0. The molecule has 2 aromatic rings. The Kier molecular flexibility index (Phi) is 40.4. The number of rotatable bonds is 45. The summed E-state index contributed by atoms with van der Waals surface area (Å²) in [6.45, 7) is 37.0. The van der Waals surface area contributed by atoms with Crippen molar-refractivity contribution in [1.29, 1.82) is 0 Å². The predicted molar refractivity (Wildman–Crippen MR) is 433 cm³/mol. The van der Waals surface area contributed by atoms with Crippen molar-refractivity contribution in [3.05, 3.63) is 72.8 Å². The quantitative estimate of drug-likeness (QED) is 0.0316. The number of carboxylic acid groups (broad SMARTS) is 1. The van der Waals surface area contributed by atoms with Gasteiger partial charge in [0, 0.05) is 100 Å². The van der Waals surface area contributed by atoms with Crippen LogP contribution in [0, 0.1) is 53.3 Å². The monoisotopic (exact) mass is 1570 g/mol. The molecule has 111 heavy (non-hydrogen) atoms. The van der Waals surface area contributed by atoms with Gasteiger partial charge in [-0.25, -0.2) is 9.59 Å². The summed E-state index contributed by atoms with van der Waals surface area (Å²) in [4.78, 5) is 194. The molecule has 27 heteroatoms. The molecule has 0 aliphatic carbocycles. The fourth-order valence-corrected chi connectivity index (χ4v) is 19.0. The maximum atomic E-state index is 15.4. The Labute approximate surface area is 663 Å². The average molecular weight is 1570 g/mol. The molecule has 2 aromatic carbocycles. The van der Waals surface area contributed by atoms with Crippen LogP contribution in [0.3, 0.4) is 0 Å². The molecule has 9 amide bonds. The molecule has 0 fully saturated rings. The van der Waals surface area contributed by atoms with E-state index in [0.717, 1.165) is 20.2 Å². The summed E-state index contributed by atoms with van der Waals surface area (Å²) in [5.41, 5.74) is 0. The van der Waals surface area contributed by atoms with Gasteiger partial charge in [-0.2, -0.15) is 0 Å². The number of Topliss-reactive ketones (excluding diaryl/α,β-unsaturated/α-hetero) is 2. The second-order valence-electron chi connectivity index (χ2n) is 33.4. The standard InChI is InChI=1S/C84H137N9O17Si/c1-29-31-38-56(13)74(110-61(18)95)73(76(99)85-64(30-2)82(105)108-44-43-87(22)60(17)94)92(27)81(104)71(55(11)12)91(26)79(102)67(47-53(7)8)90(25)78(101)66(46-52(5)6)89(24)77(100)58(15)49-68(96)57(14)48-69(97)65(45-51(3)4)88(23)80(103)70(54(9)10)86-75(98)72(93(28)83(106)107)59(16)50-109-111(84(19,20)21,62-39-34-32-35-40-62)63-41-36-33-37-42-63/h29,31-37,39-42,51-59,64-67,70-74H,30,38,43-50H2,1-28H3,(H,85,99)(H,86,98)(H,106,107)/b31-29+/t56-,57-,58+,59-,64+,65+,66+,67+,70+,71+,72+,73+,74-/m1/s1. The van der Waals surface area contributed by atoms with Gasteiger partial charge >= 0.3 is 18.0 Å². The molecule has 624 valence electrons. The van der Waals surface area contributed by atoms with E-state index in [0.29, 0.717) is 6.42 Å². The van der Waals surface area contributed by atoms with Crippen LogP contribution in [-0.4, -0.2) is 248 Å².